The Labute approximate surface area is 179 Å². The molecule has 0 unspecified atom stereocenters. The number of nitrogens with one attached hydrogen (secondary N) is 3. The SMILES string of the molecule is O=C(NCCCCCNC(=O)c1ccccc1O)c1cc2c(cn1)[nH]c1ccccc12. The van der Waals surface area contributed by atoms with Crippen LogP contribution in [-0.2, 0) is 0 Å². The number of hydrogen-bond acceptors (Lipinski definition) is 4. The zero-order valence-corrected chi connectivity index (χ0v) is 17.0. The molecule has 2 aromatic carbocycles. The Morgan fingerprint density at radius 3 is 2.35 bits per heavy atom. The number of H-pyrrole nitrogens is 1. The minimum Gasteiger partial charge on any atom is -0.507 e. The van der Waals surface area contributed by atoms with E-state index < -0.39 is 0 Å². The lowest BCUT2D eigenvalue weighted by atomic mass is 10.1. The fourth-order valence-corrected chi connectivity index (χ4v) is 3.56. The van der Waals surface area contributed by atoms with Crippen molar-refractivity contribution in [2.24, 2.45) is 0 Å². The van der Waals surface area contributed by atoms with Gasteiger partial charge in [0.2, 0.25) is 0 Å². The fourth-order valence-electron chi connectivity index (χ4n) is 3.56. The van der Waals surface area contributed by atoms with Crippen LogP contribution in [0.15, 0.2) is 60.8 Å². The number of para-hydroxylation sites is 2. The van der Waals surface area contributed by atoms with E-state index in [1.54, 1.807) is 24.4 Å². The topological polar surface area (TPSA) is 107 Å². The number of nitrogens with zero attached hydrogens (tertiary/aromatic N) is 1. The van der Waals surface area contributed by atoms with Gasteiger partial charge in [0.15, 0.2) is 0 Å². The molecule has 0 saturated heterocycles. The number of hydrogen-bond donors (Lipinski definition) is 4. The molecule has 2 heterocycles. The summed E-state index contributed by atoms with van der Waals surface area (Å²) in [5.74, 6) is -0.507. The summed E-state index contributed by atoms with van der Waals surface area (Å²) in [6.07, 6.45) is 4.13. The van der Waals surface area contributed by atoms with Gasteiger partial charge in [-0.25, -0.2) is 4.98 Å². The second-order valence-corrected chi connectivity index (χ2v) is 7.38. The lowest BCUT2D eigenvalue weighted by Gasteiger charge is -2.07. The van der Waals surface area contributed by atoms with Crippen molar-refractivity contribution in [1.82, 2.24) is 20.6 Å². The maximum absolute atomic E-state index is 12.4. The van der Waals surface area contributed by atoms with E-state index in [-0.39, 0.29) is 23.1 Å². The maximum atomic E-state index is 12.4. The molecule has 0 bridgehead atoms. The third kappa shape index (κ3) is 4.66. The van der Waals surface area contributed by atoms with Crippen molar-refractivity contribution in [3.63, 3.8) is 0 Å². The molecule has 158 valence electrons. The maximum Gasteiger partial charge on any atom is 0.269 e. The summed E-state index contributed by atoms with van der Waals surface area (Å²) in [5.41, 5.74) is 2.59. The third-order valence-electron chi connectivity index (χ3n) is 5.20. The van der Waals surface area contributed by atoms with E-state index in [2.05, 4.69) is 20.6 Å². The lowest BCUT2D eigenvalue weighted by molar-refractivity contribution is 0.0943. The number of phenolic OH excluding ortho intramolecular Hbond substituents is 1. The molecule has 7 nitrogen and oxygen atoms in total. The Morgan fingerprint density at radius 2 is 1.55 bits per heavy atom. The van der Waals surface area contributed by atoms with Gasteiger partial charge in [0.1, 0.15) is 11.4 Å². The summed E-state index contributed by atoms with van der Waals surface area (Å²) in [6, 6.07) is 16.2. The molecular weight excluding hydrogens is 392 g/mol. The van der Waals surface area contributed by atoms with Crippen molar-refractivity contribution in [3.8, 4) is 5.75 Å². The number of benzene rings is 2. The Morgan fingerprint density at radius 1 is 0.839 bits per heavy atom. The molecule has 0 aliphatic rings. The molecule has 0 aliphatic carbocycles. The zero-order valence-electron chi connectivity index (χ0n) is 17.0. The number of phenols is 1. The van der Waals surface area contributed by atoms with Crippen LogP contribution in [0, 0.1) is 0 Å². The van der Waals surface area contributed by atoms with Gasteiger partial charge < -0.3 is 20.7 Å². The van der Waals surface area contributed by atoms with Crippen molar-refractivity contribution in [2.45, 2.75) is 19.3 Å². The largest absolute Gasteiger partial charge is 0.507 e. The first kappa shape index (κ1) is 20.4. The summed E-state index contributed by atoms with van der Waals surface area (Å²) < 4.78 is 0. The summed E-state index contributed by atoms with van der Waals surface area (Å²) in [4.78, 5) is 32.0. The second kappa shape index (κ2) is 9.30. The highest BCUT2D eigenvalue weighted by molar-refractivity contribution is 6.09. The van der Waals surface area contributed by atoms with E-state index in [1.165, 1.54) is 6.07 Å². The number of pyridine rings is 1. The minimum atomic E-state index is -0.287. The predicted octanol–water partition coefficient (Wildman–Crippen LogP) is 3.75. The van der Waals surface area contributed by atoms with Crippen molar-refractivity contribution in [1.29, 1.82) is 0 Å². The van der Waals surface area contributed by atoms with E-state index >= 15 is 0 Å². The standard InChI is InChI=1S/C24H24N4O3/c29-22-11-5-3-9-17(22)23(30)25-12-6-1-7-13-26-24(31)20-14-18-16-8-2-4-10-19(16)28-21(18)15-27-20/h2-5,8-11,14-15,28-29H,1,6-7,12-13H2,(H,25,30)(H,26,31). The number of amides is 2. The predicted molar refractivity (Wildman–Crippen MR) is 120 cm³/mol. The van der Waals surface area contributed by atoms with Gasteiger partial charge in [-0.05, 0) is 43.5 Å². The molecule has 2 aromatic heterocycles. The first-order valence-corrected chi connectivity index (χ1v) is 10.3. The van der Waals surface area contributed by atoms with Gasteiger partial charge >= 0.3 is 0 Å². The first-order valence-electron chi connectivity index (χ1n) is 10.3. The minimum absolute atomic E-state index is 0.0258. The van der Waals surface area contributed by atoms with E-state index in [9.17, 15) is 14.7 Å². The highest BCUT2D eigenvalue weighted by atomic mass is 16.3. The van der Waals surface area contributed by atoms with Crippen molar-refractivity contribution in [2.75, 3.05) is 13.1 Å². The van der Waals surface area contributed by atoms with Crippen molar-refractivity contribution < 1.29 is 14.7 Å². The lowest BCUT2D eigenvalue weighted by Crippen LogP contribution is -2.26. The molecule has 2 amide bonds. The van der Waals surface area contributed by atoms with Crippen LogP contribution >= 0.6 is 0 Å². The van der Waals surface area contributed by atoms with E-state index in [0.717, 1.165) is 41.1 Å². The van der Waals surface area contributed by atoms with Crippen LogP contribution in [0.3, 0.4) is 0 Å². The smallest absolute Gasteiger partial charge is 0.269 e. The number of rotatable bonds is 8. The highest BCUT2D eigenvalue weighted by Gasteiger charge is 2.11. The molecule has 4 rings (SSSR count). The molecule has 0 fully saturated rings. The van der Waals surface area contributed by atoms with Gasteiger partial charge in [-0.2, -0.15) is 0 Å². The number of carbonyl (C=O) groups excluding carboxylic acids is 2. The van der Waals surface area contributed by atoms with Crippen LogP contribution in [0.4, 0.5) is 0 Å². The first-order chi connectivity index (χ1) is 15.1. The number of fused-ring (bicyclic) bond motifs is 3. The quantitative estimate of drug-likeness (QED) is 0.328. The van der Waals surface area contributed by atoms with Gasteiger partial charge in [-0.1, -0.05) is 30.3 Å². The van der Waals surface area contributed by atoms with Gasteiger partial charge in [-0.3, -0.25) is 9.59 Å². The fraction of sp³-hybridized carbons (Fsp3) is 0.208. The summed E-state index contributed by atoms with van der Waals surface area (Å²) in [6.45, 7) is 1.06. The van der Waals surface area contributed by atoms with Crippen LogP contribution in [0.1, 0.15) is 40.1 Å². The average molecular weight is 416 g/mol. The molecule has 0 spiro atoms. The number of aromatic nitrogens is 2. The molecule has 0 atom stereocenters. The Balaban J connectivity index is 1.20. The van der Waals surface area contributed by atoms with Crippen LogP contribution in [0.5, 0.6) is 5.75 Å². The number of carbonyl (C=O) groups is 2. The molecule has 31 heavy (non-hydrogen) atoms. The Bertz CT molecular complexity index is 1230. The van der Waals surface area contributed by atoms with Crippen molar-refractivity contribution >= 4 is 33.6 Å². The summed E-state index contributed by atoms with van der Waals surface area (Å²) >= 11 is 0. The average Bonchev–Trinajstić information content (AvgIpc) is 3.16. The molecular formula is C24H24N4O3. The van der Waals surface area contributed by atoms with E-state index in [4.69, 9.17) is 0 Å². The highest BCUT2D eigenvalue weighted by Crippen LogP contribution is 2.25. The normalized spacial score (nSPS) is 11.0. The summed E-state index contributed by atoms with van der Waals surface area (Å²) in [7, 11) is 0. The van der Waals surface area contributed by atoms with Gasteiger partial charge in [0, 0.05) is 29.4 Å². The molecule has 4 N–H and O–H groups in total. The monoisotopic (exact) mass is 416 g/mol. The van der Waals surface area contributed by atoms with Gasteiger partial charge in [0.05, 0.1) is 17.3 Å². The van der Waals surface area contributed by atoms with Crippen LogP contribution in [0.2, 0.25) is 0 Å². The molecule has 0 radical (unpaired) electrons. The van der Waals surface area contributed by atoms with Gasteiger partial charge in [0.25, 0.3) is 11.8 Å². The van der Waals surface area contributed by atoms with E-state index in [0.29, 0.717) is 18.8 Å². The second-order valence-electron chi connectivity index (χ2n) is 7.38. The molecule has 7 heteroatoms. The summed E-state index contributed by atoms with van der Waals surface area (Å²) in [5, 5.41) is 17.4. The third-order valence-corrected chi connectivity index (χ3v) is 5.20. The number of unbranched alkanes of at least 4 members (excludes halogenated alkanes) is 2. The van der Waals surface area contributed by atoms with Crippen molar-refractivity contribution in [3.05, 3.63) is 72.1 Å². The Hall–Kier alpha value is -3.87. The van der Waals surface area contributed by atoms with Crippen LogP contribution in [-0.4, -0.2) is 40.0 Å². The Kier molecular flexibility index (Phi) is 6.12. The van der Waals surface area contributed by atoms with Crippen LogP contribution in [0.25, 0.3) is 21.8 Å². The molecule has 0 aliphatic heterocycles. The van der Waals surface area contributed by atoms with Gasteiger partial charge in [-0.15, -0.1) is 0 Å². The number of aromatic amines is 1. The van der Waals surface area contributed by atoms with Crippen LogP contribution < -0.4 is 10.6 Å². The molecule has 4 aromatic rings. The number of aromatic hydroxyl groups is 1. The molecule has 0 saturated carbocycles. The van der Waals surface area contributed by atoms with E-state index in [1.807, 2.05) is 30.3 Å². The zero-order chi connectivity index (χ0) is 21.6.